The van der Waals surface area contributed by atoms with Gasteiger partial charge in [0.1, 0.15) is 11.5 Å². The summed E-state index contributed by atoms with van der Waals surface area (Å²) in [6.07, 6.45) is 5.66. The van der Waals surface area contributed by atoms with Crippen LogP contribution in [0.4, 0.5) is 15.8 Å². The predicted octanol–water partition coefficient (Wildman–Crippen LogP) is 3.07. The molecule has 1 heterocycles. The van der Waals surface area contributed by atoms with Crippen LogP contribution >= 0.6 is 0 Å². The highest BCUT2D eigenvalue weighted by molar-refractivity contribution is 5.62. The first-order valence-corrected chi connectivity index (χ1v) is 7.59. The minimum atomic E-state index is -0.576. The fourth-order valence-electron chi connectivity index (χ4n) is 3.70. The van der Waals surface area contributed by atoms with Crippen molar-refractivity contribution in [3.63, 3.8) is 0 Å². The number of hydrogen-bond donors (Lipinski definition) is 2. The van der Waals surface area contributed by atoms with Crippen molar-refractivity contribution >= 4 is 11.4 Å². The van der Waals surface area contributed by atoms with Crippen molar-refractivity contribution in [2.45, 2.75) is 44.2 Å². The molecule has 3 unspecified atom stereocenters. The lowest BCUT2D eigenvalue weighted by atomic mass is 9.93. The molecule has 1 aromatic rings. The lowest BCUT2D eigenvalue weighted by Gasteiger charge is -2.27. The summed E-state index contributed by atoms with van der Waals surface area (Å²) in [4.78, 5) is 10.5. The molecule has 1 aromatic carbocycles. The van der Waals surface area contributed by atoms with E-state index in [9.17, 15) is 14.5 Å². The summed E-state index contributed by atoms with van der Waals surface area (Å²) in [5.41, 5.74) is 0.247. The van der Waals surface area contributed by atoms with E-state index in [-0.39, 0.29) is 11.7 Å². The molecule has 1 saturated carbocycles. The fraction of sp³-hybridized carbons (Fsp3) is 0.600. The van der Waals surface area contributed by atoms with Crippen LogP contribution < -0.4 is 10.6 Å². The number of benzene rings is 1. The van der Waals surface area contributed by atoms with Crippen LogP contribution in [0.1, 0.15) is 32.1 Å². The number of nitrogens with zero attached hydrogens (tertiary/aromatic N) is 1. The molecule has 3 rings (SSSR count). The average molecular weight is 293 g/mol. The van der Waals surface area contributed by atoms with Gasteiger partial charge in [0.2, 0.25) is 0 Å². The molecule has 21 heavy (non-hydrogen) atoms. The largest absolute Gasteiger partial charge is 0.376 e. The van der Waals surface area contributed by atoms with Gasteiger partial charge in [0.05, 0.1) is 11.0 Å². The molecule has 2 N–H and O–H groups in total. The lowest BCUT2D eigenvalue weighted by Crippen LogP contribution is -2.38. The van der Waals surface area contributed by atoms with Gasteiger partial charge in [-0.15, -0.1) is 0 Å². The van der Waals surface area contributed by atoms with Gasteiger partial charge in [-0.25, -0.2) is 4.39 Å². The van der Waals surface area contributed by atoms with Crippen LogP contribution in [0.15, 0.2) is 18.2 Å². The number of anilines is 1. The van der Waals surface area contributed by atoms with Gasteiger partial charge in [-0.1, -0.05) is 6.42 Å². The Hall–Kier alpha value is -1.69. The number of nitrogens with one attached hydrogen (secondary N) is 2. The van der Waals surface area contributed by atoms with E-state index < -0.39 is 10.7 Å². The Balaban J connectivity index is 1.77. The van der Waals surface area contributed by atoms with Gasteiger partial charge in [0.25, 0.3) is 5.69 Å². The highest BCUT2D eigenvalue weighted by Crippen LogP contribution is 2.36. The van der Waals surface area contributed by atoms with Gasteiger partial charge in [-0.2, -0.15) is 0 Å². The molecule has 6 heteroatoms. The van der Waals surface area contributed by atoms with Crippen molar-refractivity contribution < 1.29 is 9.31 Å². The SMILES string of the molecule is O=[N+]([O-])c1cc(F)ccc1NC1CCCC1C1CCCN1. The number of rotatable bonds is 4. The van der Waals surface area contributed by atoms with E-state index >= 15 is 0 Å². The minimum Gasteiger partial charge on any atom is -0.376 e. The fourth-order valence-corrected chi connectivity index (χ4v) is 3.70. The summed E-state index contributed by atoms with van der Waals surface area (Å²) >= 11 is 0. The second kappa shape index (κ2) is 5.97. The van der Waals surface area contributed by atoms with Gasteiger partial charge in [-0.05, 0) is 50.3 Å². The third kappa shape index (κ3) is 3.00. The smallest absolute Gasteiger partial charge is 0.295 e. The van der Waals surface area contributed by atoms with Gasteiger partial charge >= 0.3 is 0 Å². The van der Waals surface area contributed by atoms with E-state index in [2.05, 4.69) is 10.6 Å². The minimum absolute atomic E-state index is 0.181. The summed E-state index contributed by atoms with van der Waals surface area (Å²) in [5, 5.41) is 17.9. The van der Waals surface area contributed by atoms with Gasteiger partial charge < -0.3 is 10.6 Å². The second-order valence-electron chi connectivity index (χ2n) is 5.97. The van der Waals surface area contributed by atoms with E-state index in [1.807, 2.05) is 0 Å². The molecule has 2 aliphatic rings. The first-order chi connectivity index (χ1) is 10.1. The van der Waals surface area contributed by atoms with E-state index in [0.717, 1.165) is 31.9 Å². The summed E-state index contributed by atoms with van der Waals surface area (Å²) in [6, 6.07) is 4.47. The molecule has 0 aromatic heterocycles. The quantitative estimate of drug-likeness (QED) is 0.661. The van der Waals surface area contributed by atoms with Gasteiger partial charge in [0.15, 0.2) is 0 Å². The molecule has 2 fully saturated rings. The molecular weight excluding hydrogens is 273 g/mol. The Morgan fingerprint density at radius 3 is 2.86 bits per heavy atom. The Labute approximate surface area is 123 Å². The van der Waals surface area contributed by atoms with Crippen LogP contribution in [0.3, 0.4) is 0 Å². The number of nitro benzene ring substituents is 1. The van der Waals surface area contributed by atoms with E-state index in [0.29, 0.717) is 17.6 Å². The first kappa shape index (κ1) is 14.3. The summed E-state index contributed by atoms with van der Waals surface area (Å²) in [7, 11) is 0. The molecule has 3 atom stereocenters. The Kier molecular flexibility index (Phi) is 4.05. The zero-order chi connectivity index (χ0) is 14.8. The molecule has 1 aliphatic heterocycles. The number of halogens is 1. The predicted molar refractivity (Wildman–Crippen MR) is 78.8 cm³/mol. The van der Waals surface area contributed by atoms with Crippen molar-refractivity contribution in [1.29, 1.82) is 0 Å². The van der Waals surface area contributed by atoms with E-state index in [1.165, 1.54) is 25.0 Å². The molecular formula is C15H20FN3O2. The molecule has 1 saturated heterocycles. The van der Waals surface area contributed by atoms with Crippen LogP contribution in [0.5, 0.6) is 0 Å². The monoisotopic (exact) mass is 293 g/mol. The number of hydrogen-bond acceptors (Lipinski definition) is 4. The maximum atomic E-state index is 13.2. The maximum Gasteiger partial charge on any atom is 0.295 e. The third-order valence-electron chi connectivity index (χ3n) is 4.68. The van der Waals surface area contributed by atoms with Crippen molar-refractivity contribution in [1.82, 2.24) is 5.32 Å². The van der Waals surface area contributed by atoms with Crippen LogP contribution in [0.2, 0.25) is 0 Å². The van der Waals surface area contributed by atoms with Crippen LogP contribution in [0.25, 0.3) is 0 Å². The third-order valence-corrected chi connectivity index (χ3v) is 4.68. The lowest BCUT2D eigenvalue weighted by molar-refractivity contribution is -0.384. The van der Waals surface area contributed by atoms with Crippen molar-refractivity contribution in [2.24, 2.45) is 5.92 Å². The van der Waals surface area contributed by atoms with Crippen molar-refractivity contribution in [2.75, 3.05) is 11.9 Å². The van der Waals surface area contributed by atoms with Crippen molar-refractivity contribution in [3.05, 3.63) is 34.1 Å². The topological polar surface area (TPSA) is 67.2 Å². The Bertz CT molecular complexity index is 532. The molecule has 0 amide bonds. The van der Waals surface area contributed by atoms with Gasteiger partial charge in [-0.3, -0.25) is 10.1 Å². The number of nitro groups is 1. The average Bonchev–Trinajstić information content (AvgIpc) is 3.11. The van der Waals surface area contributed by atoms with Crippen LogP contribution in [-0.4, -0.2) is 23.6 Å². The standard InChI is InChI=1S/C15H20FN3O2/c16-10-6-7-14(15(9-10)19(20)21)18-13-4-1-3-11(13)12-5-2-8-17-12/h6-7,9,11-13,17-18H,1-5,8H2. The molecule has 1 aliphatic carbocycles. The van der Waals surface area contributed by atoms with Gasteiger partial charge in [0, 0.05) is 12.1 Å². The summed E-state index contributed by atoms with van der Waals surface area (Å²) < 4.78 is 13.2. The zero-order valence-electron chi connectivity index (χ0n) is 11.8. The molecule has 114 valence electrons. The Morgan fingerprint density at radius 1 is 1.29 bits per heavy atom. The highest BCUT2D eigenvalue weighted by atomic mass is 19.1. The maximum absolute atomic E-state index is 13.2. The van der Waals surface area contributed by atoms with Crippen molar-refractivity contribution in [3.8, 4) is 0 Å². The molecule has 0 radical (unpaired) electrons. The molecule has 5 nitrogen and oxygen atoms in total. The summed E-state index contributed by atoms with van der Waals surface area (Å²) in [5.74, 6) is -0.0789. The van der Waals surface area contributed by atoms with E-state index in [1.54, 1.807) is 0 Å². The Morgan fingerprint density at radius 2 is 2.14 bits per heavy atom. The second-order valence-corrected chi connectivity index (χ2v) is 5.97. The van der Waals surface area contributed by atoms with Crippen LogP contribution in [0, 0.1) is 21.8 Å². The molecule has 0 bridgehead atoms. The normalized spacial score (nSPS) is 28.7. The summed E-state index contributed by atoms with van der Waals surface area (Å²) in [6.45, 7) is 1.06. The first-order valence-electron chi connectivity index (χ1n) is 7.59. The highest BCUT2D eigenvalue weighted by Gasteiger charge is 2.35. The molecule has 0 spiro atoms. The van der Waals surface area contributed by atoms with E-state index in [4.69, 9.17) is 0 Å². The van der Waals surface area contributed by atoms with Crippen LogP contribution in [-0.2, 0) is 0 Å². The zero-order valence-corrected chi connectivity index (χ0v) is 11.8.